The Morgan fingerprint density at radius 1 is 0.857 bits per heavy atom. The molecule has 0 saturated carbocycles. The molecule has 2 heterocycles. The van der Waals surface area contributed by atoms with Crippen LogP contribution in [0, 0.1) is 6.92 Å². The fourth-order valence-corrected chi connectivity index (χ4v) is 2.03. The zero-order valence-electron chi connectivity index (χ0n) is 8.07. The van der Waals surface area contributed by atoms with Crippen LogP contribution in [0.1, 0.15) is 5.69 Å². The number of pyridine rings is 1. The minimum absolute atomic E-state index is 1.27. The second kappa shape index (κ2) is 2.61. The fraction of sp³-hybridized carbons (Fsp3) is 0.0769. The summed E-state index contributed by atoms with van der Waals surface area (Å²) in [4.78, 5) is 0. The third kappa shape index (κ3) is 0.896. The van der Waals surface area contributed by atoms with Crippen molar-refractivity contribution in [2.75, 3.05) is 0 Å². The van der Waals surface area contributed by atoms with Crippen molar-refractivity contribution in [2.45, 2.75) is 6.92 Å². The van der Waals surface area contributed by atoms with Gasteiger partial charge in [0.2, 0.25) is 0 Å². The molecule has 0 unspecified atom stereocenters. The Labute approximate surface area is 82.6 Å². The van der Waals surface area contributed by atoms with Crippen LogP contribution in [0.4, 0.5) is 0 Å². The molecule has 0 radical (unpaired) electrons. The number of hydrogen-bond donors (Lipinski definition) is 0. The van der Waals surface area contributed by atoms with Crippen LogP contribution < -0.4 is 0 Å². The van der Waals surface area contributed by atoms with Crippen LogP contribution in [-0.2, 0) is 0 Å². The first-order valence-corrected chi connectivity index (χ1v) is 4.82. The van der Waals surface area contributed by atoms with Gasteiger partial charge in [0.25, 0.3) is 0 Å². The number of hydrogen-bond acceptors (Lipinski definition) is 0. The molecule has 3 rings (SSSR count). The molecule has 0 amide bonds. The zero-order valence-corrected chi connectivity index (χ0v) is 8.07. The normalized spacial score (nSPS) is 11.2. The van der Waals surface area contributed by atoms with E-state index in [0.29, 0.717) is 0 Å². The lowest BCUT2D eigenvalue weighted by atomic mass is 10.2. The van der Waals surface area contributed by atoms with Crippen molar-refractivity contribution < 1.29 is 0 Å². The van der Waals surface area contributed by atoms with E-state index in [1.54, 1.807) is 0 Å². The molecular weight excluding hydrogens is 170 g/mol. The Hall–Kier alpha value is -1.76. The number of nitrogens with zero attached hydrogens (tertiary/aromatic N) is 1. The third-order valence-corrected chi connectivity index (χ3v) is 2.72. The second-order valence-corrected chi connectivity index (χ2v) is 3.63. The van der Waals surface area contributed by atoms with E-state index in [0.717, 1.165) is 0 Å². The Balaban J connectivity index is 2.65. The van der Waals surface area contributed by atoms with Crippen LogP contribution in [0.3, 0.4) is 0 Å². The molecule has 3 aromatic rings. The van der Waals surface area contributed by atoms with Gasteiger partial charge in [-0.15, -0.1) is 0 Å². The van der Waals surface area contributed by atoms with E-state index < -0.39 is 0 Å². The number of fused-ring (bicyclic) bond motifs is 3. The van der Waals surface area contributed by atoms with Crippen LogP contribution in [0.2, 0.25) is 0 Å². The van der Waals surface area contributed by atoms with Crippen LogP contribution in [0.15, 0.2) is 48.5 Å². The summed E-state index contributed by atoms with van der Waals surface area (Å²) in [6, 6.07) is 17.1. The van der Waals surface area contributed by atoms with E-state index in [1.165, 1.54) is 22.1 Å². The van der Waals surface area contributed by atoms with Crippen molar-refractivity contribution in [3.63, 3.8) is 0 Å². The maximum Gasteiger partial charge on any atom is 0.0530 e. The Morgan fingerprint density at radius 2 is 1.64 bits per heavy atom. The molecule has 0 aliphatic rings. The molecule has 0 N–H and O–H groups in total. The maximum absolute atomic E-state index is 2.29. The summed E-state index contributed by atoms with van der Waals surface area (Å²) < 4.78 is 2.29. The topological polar surface area (TPSA) is 4.41 Å². The highest BCUT2D eigenvalue weighted by atomic mass is 14.9. The quantitative estimate of drug-likeness (QED) is 0.500. The molecule has 2 aromatic heterocycles. The van der Waals surface area contributed by atoms with E-state index in [2.05, 4.69) is 59.9 Å². The minimum Gasteiger partial charge on any atom is -0.314 e. The summed E-state index contributed by atoms with van der Waals surface area (Å²) in [7, 11) is 0. The summed E-state index contributed by atoms with van der Waals surface area (Å²) in [5, 5.41) is 1.29. The maximum atomic E-state index is 2.29. The summed E-state index contributed by atoms with van der Waals surface area (Å²) in [6.45, 7) is 2.14. The number of aryl methyl sites for hydroxylation is 1. The van der Waals surface area contributed by atoms with Crippen LogP contribution >= 0.6 is 0 Å². The standard InChI is InChI=1S/C13H11N/c1-10-6-8-12-9-7-11-4-2-3-5-13(11)14(10)12/h2-9H,1H3. The summed E-state index contributed by atoms with van der Waals surface area (Å²) in [5.74, 6) is 0. The average molecular weight is 181 g/mol. The lowest BCUT2D eigenvalue weighted by Crippen LogP contribution is -1.88. The lowest BCUT2D eigenvalue weighted by molar-refractivity contribution is 1.17. The summed E-state index contributed by atoms with van der Waals surface area (Å²) in [5.41, 5.74) is 3.84. The van der Waals surface area contributed by atoms with Crippen LogP contribution in [-0.4, -0.2) is 4.40 Å². The fourth-order valence-electron chi connectivity index (χ4n) is 2.03. The van der Waals surface area contributed by atoms with Crippen LogP contribution in [0.25, 0.3) is 16.4 Å². The average Bonchev–Trinajstić information content (AvgIpc) is 2.61. The molecule has 0 spiro atoms. The molecule has 0 atom stereocenters. The molecule has 0 bridgehead atoms. The van der Waals surface area contributed by atoms with Gasteiger partial charge in [0.05, 0.1) is 5.52 Å². The van der Waals surface area contributed by atoms with Crippen LogP contribution in [0.5, 0.6) is 0 Å². The lowest BCUT2D eigenvalue weighted by Gasteiger charge is -2.04. The highest BCUT2D eigenvalue weighted by Gasteiger charge is 2.00. The minimum atomic E-state index is 1.27. The van der Waals surface area contributed by atoms with Gasteiger partial charge in [0.15, 0.2) is 0 Å². The highest BCUT2D eigenvalue weighted by Crippen LogP contribution is 2.19. The molecule has 1 aromatic carbocycles. The Kier molecular flexibility index (Phi) is 1.42. The van der Waals surface area contributed by atoms with Crippen molar-refractivity contribution in [2.24, 2.45) is 0 Å². The summed E-state index contributed by atoms with van der Waals surface area (Å²) >= 11 is 0. The van der Waals surface area contributed by atoms with E-state index in [1.807, 2.05) is 0 Å². The summed E-state index contributed by atoms with van der Waals surface area (Å²) in [6.07, 6.45) is 0. The molecule has 1 nitrogen and oxygen atoms in total. The zero-order chi connectivity index (χ0) is 9.54. The van der Waals surface area contributed by atoms with Gasteiger partial charge >= 0.3 is 0 Å². The smallest absolute Gasteiger partial charge is 0.0530 e. The molecule has 0 fully saturated rings. The van der Waals surface area contributed by atoms with Gasteiger partial charge in [-0.25, -0.2) is 0 Å². The monoisotopic (exact) mass is 181 g/mol. The molecule has 0 saturated heterocycles. The molecule has 14 heavy (non-hydrogen) atoms. The first-order valence-electron chi connectivity index (χ1n) is 4.82. The van der Waals surface area contributed by atoms with Gasteiger partial charge < -0.3 is 4.40 Å². The largest absolute Gasteiger partial charge is 0.314 e. The van der Waals surface area contributed by atoms with E-state index in [-0.39, 0.29) is 0 Å². The first-order chi connectivity index (χ1) is 6.86. The van der Waals surface area contributed by atoms with E-state index in [9.17, 15) is 0 Å². The highest BCUT2D eigenvalue weighted by molar-refractivity contribution is 5.83. The SMILES string of the molecule is Cc1ccc2ccc3ccccc3n12. The molecular formula is C13H11N. The third-order valence-electron chi connectivity index (χ3n) is 2.72. The van der Waals surface area contributed by atoms with Gasteiger partial charge in [-0.3, -0.25) is 0 Å². The number of para-hydroxylation sites is 1. The predicted molar refractivity (Wildman–Crippen MR) is 59.6 cm³/mol. The molecule has 0 aliphatic carbocycles. The van der Waals surface area contributed by atoms with Gasteiger partial charge in [-0.1, -0.05) is 24.3 Å². The van der Waals surface area contributed by atoms with E-state index in [4.69, 9.17) is 0 Å². The van der Waals surface area contributed by atoms with Gasteiger partial charge in [-0.2, -0.15) is 0 Å². The Bertz CT molecular complexity index is 605. The second-order valence-electron chi connectivity index (χ2n) is 3.63. The molecule has 68 valence electrons. The van der Waals surface area contributed by atoms with Crippen molar-refractivity contribution in [3.05, 3.63) is 54.2 Å². The number of rotatable bonds is 0. The molecule has 0 aliphatic heterocycles. The van der Waals surface area contributed by atoms with Crippen molar-refractivity contribution in [1.29, 1.82) is 0 Å². The number of aromatic nitrogens is 1. The predicted octanol–water partition coefficient (Wildman–Crippen LogP) is 3.40. The number of benzene rings is 1. The van der Waals surface area contributed by atoms with Gasteiger partial charge in [0, 0.05) is 11.2 Å². The Morgan fingerprint density at radius 3 is 2.57 bits per heavy atom. The van der Waals surface area contributed by atoms with Crippen molar-refractivity contribution >= 4 is 16.4 Å². The van der Waals surface area contributed by atoms with E-state index >= 15 is 0 Å². The van der Waals surface area contributed by atoms with Gasteiger partial charge in [0.1, 0.15) is 0 Å². The molecule has 1 heteroatoms. The van der Waals surface area contributed by atoms with Gasteiger partial charge in [-0.05, 0) is 36.6 Å². The van der Waals surface area contributed by atoms with Crippen molar-refractivity contribution in [3.8, 4) is 0 Å². The first kappa shape index (κ1) is 7.63. The van der Waals surface area contributed by atoms with Crippen molar-refractivity contribution in [1.82, 2.24) is 4.40 Å².